The number of aromatic nitrogens is 1. The minimum Gasteiger partial charge on any atom is -0.352 e. The van der Waals surface area contributed by atoms with Gasteiger partial charge >= 0.3 is 0 Å². The smallest absolute Gasteiger partial charge is 0.240 e. The van der Waals surface area contributed by atoms with Crippen LogP contribution in [0.1, 0.15) is 33.3 Å². The van der Waals surface area contributed by atoms with E-state index in [-0.39, 0.29) is 11.9 Å². The molecule has 0 aliphatic carbocycles. The molecule has 0 radical (unpaired) electrons. The molecule has 1 aromatic carbocycles. The Morgan fingerprint density at radius 1 is 1.14 bits per heavy atom. The molecule has 114 valence electrons. The summed E-state index contributed by atoms with van der Waals surface area (Å²) in [5.74, 6) is 0.0491. The largest absolute Gasteiger partial charge is 0.352 e. The van der Waals surface area contributed by atoms with Crippen LogP contribution in [0.3, 0.4) is 0 Å². The first-order valence-corrected chi connectivity index (χ1v) is 7.56. The molecule has 0 aliphatic heterocycles. The summed E-state index contributed by atoms with van der Waals surface area (Å²) in [6.07, 6.45) is 1.98. The summed E-state index contributed by atoms with van der Waals surface area (Å²) in [7, 11) is 0. The second-order valence-corrected chi connectivity index (χ2v) is 6.09. The number of hydrogen-bond acceptors (Lipinski definition) is 2. The standard InChI is InChI=1S/C17H25N3O/c1-12(2)18-10-14-5-6-16-15(9-14)7-8-20(16)11-17(21)19-13(3)4/h5-9,12-13,18H,10-11H2,1-4H3,(H,19,21). The third-order valence-corrected chi connectivity index (χ3v) is 3.31. The molecule has 2 aromatic rings. The molecule has 2 N–H and O–H groups in total. The number of rotatable bonds is 6. The third-order valence-electron chi connectivity index (χ3n) is 3.31. The number of fused-ring (bicyclic) bond motifs is 1. The van der Waals surface area contributed by atoms with Gasteiger partial charge in [0.15, 0.2) is 0 Å². The molecule has 2 rings (SSSR count). The molecule has 0 bridgehead atoms. The Kier molecular flexibility index (Phi) is 5.02. The van der Waals surface area contributed by atoms with Gasteiger partial charge in [-0.25, -0.2) is 0 Å². The number of carbonyl (C=O) groups is 1. The SMILES string of the molecule is CC(C)NCc1ccc2c(ccn2CC(=O)NC(C)C)c1. The second-order valence-electron chi connectivity index (χ2n) is 6.09. The van der Waals surface area contributed by atoms with E-state index < -0.39 is 0 Å². The molecule has 4 heteroatoms. The van der Waals surface area contributed by atoms with E-state index in [0.717, 1.165) is 12.1 Å². The van der Waals surface area contributed by atoms with Crippen molar-refractivity contribution in [3.8, 4) is 0 Å². The molecular weight excluding hydrogens is 262 g/mol. The number of hydrogen-bond donors (Lipinski definition) is 2. The maximum absolute atomic E-state index is 11.9. The average Bonchev–Trinajstić information content (AvgIpc) is 2.78. The van der Waals surface area contributed by atoms with Crippen LogP contribution in [0.5, 0.6) is 0 Å². The Morgan fingerprint density at radius 2 is 1.90 bits per heavy atom. The molecule has 21 heavy (non-hydrogen) atoms. The summed E-state index contributed by atoms with van der Waals surface area (Å²) in [4.78, 5) is 11.9. The summed E-state index contributed by atoms with van der Waals surface area (Å²) in [5.41, 5.74) is 2.36. The molecule has 1 aromatic heterocycles. The minimum atomic E-state index is 0.0491. The van der Waals surface area contributed by atoms with Gasteiger partial charge in [0.1, 0.15) is 6.54 Å². The lowest BCUT2D eigenvalue weighted by molar-refractivity contribution is -0.122. The normalized spacial score (nSPS) is 11.5. The number of benzene rings is 1. The number of nitrogens with one attached hydrogen (secondary N) is 2. The van der Waals surface area contributed by atoms with Crippen molar-refractivity contribution < 1.29 is 4.79 Å². The van der Waals surface area contributed by atoms with Gasteiger partial charge in [0.05, 0.1) is 0 Å². The highest BCUT2D eigenvalue weighted by Gasteiger charge is 2.08. The van der Waals surface area contributed by atoms with Gasteiger partial charge in [-0.3, -0.25) is 4.79 Å². The van der Waals surface area contributed by atoms with E-state index >= 15 is 0 Å². The second kappa shape index (κ2) is 6.76. The van der Waals surface area contributed by atoms with Crippen LogP contribution in [-0.2, 0) is 17.9 Å². The molecule has 0 atom stereocenters. The lowest BCUT2D eigenvalue weighted by atomic mass is 10.1. The Morgan fingerprint density at radius 3 is 2.57 bits per heavy atom. The number of nitrogens with zero attached hydrogens (tertiary/aromatic N) is 1. The highest BCUT2D eigenvalue weighted by Crippen LogP contribution is 2.18. The fourth-order valence-corrected chi connectivity index (χ4v) is 2.34. The summed E-state index contributed by atoms with van der Waals surface area (Å²) < 4.78 is 1.99. The van der Waals surface area contributed by atoms with Crippen molar-refractivity contribution in [3.05, 3.63) is 36.0 Å². The fraction of sp³-hybridized carbons (Fsp3) is 0.471. The molecule has 0 unspecified atom stereocenters. The summed E-state index contributed by atoms with van der Waals surface area (Å²) >= 11 is 0. The first-order valence-electron chi connectivity index (χ1n) is 7.56. The van der Waals surface area contributed by atoms with Gasteiger partial charge in [-0.15, -0.1) is 0 Å². The molecule has 1 heterocycles. The van der Waals surface area contributed by atoms with Crippen LogP contribution in [0.4, 0.5) is 0 Å². The number of amides is 1. The molecule has 0 saturated heterocycles. The third kappa shape index (κ3) is 4.33. The minimum absolute atomic E-state index is 0.0491. The zero-order valence-corrected chi connectivity index (χ0v) is 13.3. The molecule has 0 spiro atoms. The van der Waals surface area contributed by atoms with Gasteiger partial charge in [0.2, 0.25) is 5.91 Å². The highest BCUT2D eigenvalue weighted by atomic mass is 16.2. The van der Waals surface area contributed by atoms with Gasteiger partial charge in [-0.05, 0) is 43.0 Å². The topological polar surface area (TPSA) is 46.1 Å². The molecule has 0 saturated carbocycles. The monoisotopic (exact) mass is 287 g/mol. The molecule has 4 nitrogen and oxygen atoms in total. The van der Waals surface area contributed by atoms with Crippen molar-refractivity contribution in [2.24, 2.45) is 0 Å². The first-order chi connectivity index (χ1) is 9.95. The van der Waals surface area contributed by atoms with Crippen LogP contribution < -0.4 is 10.6 Å². The van der Waals surface area contributed by atoms with Crippen LogP contribution >= 0.6 is 0 Å². The van der Waals surface area contributed by atoms with Gasteiger partial charge in [-0.2, -0.15) is 0 Å². The van der Waals surface area contributed by atoms with Gasteiger partial charge < -0.3 is 15.2 Å². The van der Waals surface area contributed by atoms with Crippen molar-refractivity contribution in [3.63, 3.8) is 0 Å². The summed E-state index contributed by atoms with van der Waals surface area (Å²) in [6.45, 7) is 9.46. The van der Waals surface area contributed by atoms with Crippen molar-refractivity contribution >= 4 is 16.8 Å². The van der Waals surface area contributed by atoms with Gasteiger partial charge in [-0.1, -0.05) is 19.9 Å². The Labute approximate surface area is 126 Å². The first kappa shape index (κ1) is 15.6. The van der Waals surface area contributed by atoms with Crippen LogP contribution in [-0.4, -0.2) is 22.6 Å². The van der Waals surface area contributed by atoms with Crippen LogP contribution in [0, 0.1) is 0 Å². The Bertz CT molecular complexity index is 614. The van der Waals surface area contributed by atoms with E-state index in [2.05, 4.69) is 48.7 Å². The van der Waals surface area contributed by atoms with E-state index in [1.807, 2.05) is 24.6 Å². The van der Waals surface area contributed by atoms with Crippen LogP contribution in [0.25, 0.3) is 10.9 Å². The van der Waals surface area contributed by atoms with E-state index in [1.54, 1.807) is 0 Å². The molecular formula is C17H25N3O. The van der Waals surface area contributed by atoms with Crippen LogP contribution in [0.2, 0.25) is 0 Å². The predicted octanol–water partition coefficient (Wildman–Crippen LogP) is 2.66. The Balaban J connectivity index is 2.11. The average molecular weight is 287 g/mol. The number of carbonyl (C=O) groups excluding carboxylic acids is 1. The van der Waals surface area contributed by atoms with E-state index in [9.17, 15) is 4.79 Å². The van der Waals surface area contributed by atoms with E-state index in [1.165, 1.54) is 10.9 Å². The van der Waals surface area contributed by atoms with Crippen molar-refractivity contribution in [1.82, 2.24) is 15.2 Å². The maximum atomic E-state index is 11.9. The van der Waals surface area contributed by atoms with Gasteiger partial charge in [0.25, 0.3) is 0 Å². The quantitative estimate of drug-likeness (QED) is 0.858. The molecule has 1 amide bonds. The van der Waals surface area contributed by atoms with Crippen molar-refractivity contribution in [1.29, 1.82) is 0 Å². The lowest BCUT2D eigenvalue weighted by Gasteiger charge is -2.11. The summed E-state index contributed by atoms with van der Waals surface area (Å²) in [6, 6.07) is 9.11. The van der Waals surface area contributed by atoms with E-state index in [4.69, 9.17) is 0 Å². The Hall–Kier alpha value is -1.81. The lowest BCUT2D eigenvalue weighted by Crippen LogP contribution is -2.32. The zero-order chi connectivity index (χ0) is 15.4. The van der Waals surface area contributed by atoms with Crippen LogP contribution in [0.15, 0.2) is 30.5 Å². The molecule has 0 fully saturated rings. The van der Waals surface area contributed by atoms with Crippen molar-refractivity contribution in [2.45, 2.75) is 52.9 Å². The maximum Gasteiger partial charge on any atom is 0.240 e. The van der Waals surface area contributed by atoms with E-state index in [0.29, 0.717) is 12.6 Å². The zero-order valence-electron chi connectivity index (χ0n) is 13.3. The summed E-state index contributed by atoms with van der Waals surface area (Å²) in [5, 5.41) is 7.51. The van der Waals surface area contributed by atoms with Crippen molar-refractivity contribution in [2.75, 3.05) is 0 Å². The predicted molar refractivity (Wildman–Crippen MR) is 87.2 cm³/mol. The van der Waals surface area contributed by atoms with Gasteiger partial charge in [0, 0.05) is 30.3 Å². The highest BCUT2D eigenvalue weighted by molar-refractivity contribution is 5.83. The fourth-order valence-electron chi connectivity index (χ4n) is 2.34. The molecule has 0 aliphatic rings.